The lowest BCUT2D eigenvalue weighted by atomic mass is 9.79. The summed E-state index contributed by atoms with van der Waals surface area (Å²) in [4.78, 5) is 19.7. The lowest BCUT2D eigenvalue weighted by Crippen LogP contribution is -2.60. The van der Waals surface area contributed by atoms with E-state index in [0.29, 0.717) is 5.69 Å². The summed E-state index contributed by atoms with van der Waals surface area (Å²) >= 11 is 3.40. The Morgan fingerprint density at radius 3 is 2.43 bits per heavy atom. The molecule has 3 rings (SSSR count). The molecule has 0 bridgehead atoms. The zero-order valence-corrected chi connectivity index (χ0v) is 18.0. The second-order valence-electron chi connectivity index (χ2n) is 8.45. The van der Waals surface area contributed by atoms with Crippen LogP contribution in [0.4, 0.5) is 23.0 Å². The van der Waals surface area contributed by atoms with Crippen molar-refractivity contribution in [2.75, 3.05) is 10.6 Å². The number of halogens is 1. The second-order valence-corrected chi connectivity index (χ2v) is 9.37. The first kappa shape index (κ1) is 20.5. The number of nitrogens with zero attached hydrogens (tertiary/aromatic N) is 3. The second kappa shape index (κ2) is 7.63. The summed E-state index contributed by atoms with van der Waals surface area (Å²) in [6.07, 6.45) is 2.99. The van der Waals surface area contributed by atoms with E-state index < -0.39 is 4.92 Å². The number of nitro groups is 1. The number of piperidine rings is 1. The molecule has 1 aliphatic heterocycles. The molecule has 1 aromatic heterocycles. The maximum absolute atomic E-state index is 11.8. The maximum atomic E-state index is 11.8. The molecule has 28 heavy (non-hydrogen) atoms. The highest BCUT2D eigenvalue weighted by atomic mass is 79.9. The Hall–Kier alpha value is -2.26. The fourth-order valence-corrected chi connectivity index (χ4v) is 4.47. The summed E-state index contributed by atoms with van der Waals surface area (Å²) in [5, 5.41) is 21.8. The van der Waals surface area contributed by atoms with Crippen LogP contribution in [0.25, 0.3) is 0 Å². The maximum Gasteiger partial charge on any atom is 0.353 e. The molecule has 0 radical (unpaired) electrons. The molecule has 1 aliphatic rings. The van der Waals surface area contributed by atoms with Gasteiger partial charge in [-0.3, -0.25) is 10.1 Å². The summed E-state index contributed by atoms with van der Waals surface area (Å²) in [5.41, 5.74) is 0.375. The van der Waals surface area contributed by atoms with Crippen molar-refractivity contribution in [3.63, 3.8) is 0 Å². The van der Waals surface area contributed by atoms with Crippen LogP contribution in [0.1, 0.15) is 40.5 Å². The molecule has 0 atom stereocenters. The molecule has 2 heterocycles. The third-order valence-corrected chi connectivity index (χ3v) is 5.12. The number of rotatable bonds is 5. The van der Waals surface area contributed by atoms with Gasteiger partial charge in [0.25, 0.3) is 0 Å². The predicted octanol–water partition coefficient (Wildman–Crippen LogP) is 4.61. The number of aromatic nitrogens is 2. The Morgan fingerprint density at radius 1 is 1.18 bits per heavy atom. The molecule has 1 aromatic carbocycles. The minimum absolute atomic E-state index is 0.0542. The Morgan fingerprint density at radius 2 is 1.82 bits per heavy atom. The highest BCUT2D eigenvalue weighted by molar-refractivity contribution is 9.10. The van der Waals surface area contributed by atoms with Gasteiger partial charge in [0.05, 0.1) is 4.92 Å². The van der Waals surface area contributed by atoms with E-state index in [-0.39, 0.29) is 34.4 Å². The van der Waals surface area contributed by atoms with Crippen LogP contribution in [0.15, 0.2) is 35.1 Å². The van der Waals surface area contributed by atoms with Crippen molar-refractivity contribution in [3.8, 4) is 0 Å². The Bertz CT molecular complexity index is 870. The van der Waals surface area contributed by atoms with Crippen molar-refractivity contribution < 1.29 is 4.92 Å². The van der Waals surface area contributed by atoms with E-state index in [2.05, 4.69) is 69.5 Å². The van der Waals surface area contributed by atoms with Crippen molar-refractivity contribution in [1.82, 2.24) is 15.3 Å². The normalized spacial score (nSPS) is 18.5. The first-order chi connectivity index (χ1) is 13.0. The van der Waals surface area contributed by atoms with Gasteiger partial charge < -0.3 is 16.0 Å². The van der Waals surface area contributed by atoms with E-state index >= 15 is 0 Å². The number of hydrogen-bond donors (Lipinski definition) is 3. The number of anilines is 3. The lowest BCUT2D eigenvalue weighted by Gasteiger charge is -2.46. The predicted molar refractivity (Wildman–Crippen MR) is 114 cm³/mol. The summed E-state index contributed by atoms with van der Waals surface area (Å²) in [6, 6.07) is 7.43. The van der Waals surface area contributed by atoms with Gasteiger partial charge in [-0.1, -0.05) is 22.0 Å². The van der Waals surface area contributed by atoms with Crippen LogP contribution in [0, 0.1) is 10.1 Å². The molecule has 0 amide bonds. The lowest BCUT2D eigenvalue weighted by molar-refractivity contribution is -0.383. The molecule has 0 unspecified atom stereocenters. The molecule has 0 saturated carbocycles. The summed E-state index contributed by atoms with van der Waals surface area (Å²) in [6.45, 7) is 8.54. The van der Waals surface area contributed by atoms with Gasteiger partial charge in [-0.05, 0) is 58.7 Å². The van der Waals surface area contributed by atoms with Crippen LogP contribution >= 0.6 is 15.9 Å². The van der Waals surface area contributed by atoms with Gasteiger partial charge in [-0.25, -0.2) is 9.97 Å². The zero-order valence-electron chi connectivity index (χ0n) is 16.4. The molecule has 1 saturated heterocycles. The van der Waals surface area contributed by atoms with Crippen LogP contribution in [-0.2, 0) is 0 Å². The van der Waals surface area contributed by atoms with E-state index in [1.807, 2.05) is 24.3 Å². The van der Waals surface area contributed by atoms with Crippen LogP contribution in [0.3, 0.4) is 0 Å². The van der Waals surface area contributed by atoms with E-state index in [4.69, 9.17) is 0 Å². The summed E-state index contributed by atoms with van der Waals surface area (Å²) in [5.74, 6) is 0.393. The van der Waals surface area contributed by atoms with Gasteiger partial charge in [-0.2, -0.15) is 0 Å². The minimum atomic E-state index is -0.444. The van der Waals surface area contributed by atoms with Crippen LogP contribution in [0.2, 0.25) is 0 Å². The van der Waals surface area contributed by atoms with Gasteiger partial charge in [0.15, 0.2) is 0 Å². The van der Waals surface area contributed by atoms with Crippen LogP contribution in [-0.4, -0.2) is 32.0 Å². The van der Waals surface area contributed by atoms with Crippen molar-refractivity contribution in [2.24, 2.45) is 0 Å². The highest BCUT2D eigenvalue weighted by Crippen LogP contribution is 2.35. The highest BCUT2D eigenvalue weighted by Gasteiger charge is 2.38. The molecule has 150 valence electrons. The number of benzene rings is 1. The Balaban J connectivity index is 1.90. The molecule has 8 nitrogen and oxygen atoms in total. The molecular formula is C19H25BrN6O2. The third-order valence-electron chi connectivity index (χ3n) is 4.62. The van der Waals surface area contributed by atoms with Gasteiger partial charge in [0.2, 0.25) is 11.6 Å². The van der Waals surface area contributed by atoms with Crippen molar-refractivity contribution in [1.29, 1.82) is 0 Å². The van der Waals surface area contributed by atoms with Crippen molar-refractivity contribution in [3.05, 3.63) is 45.2 Å². The SMILES string of the molecule is CC1(C)CC(Nc2ncnc(Nc3cccc(Br)c3)c2[N+](=O)[O-])CC(C)(C)N1. The quantitative estimate of drug-likeness (QED) is 0.452. The molecule has 1 fully saturated rings. The smallest absolute Gasteiger partial charge is 0.353 e. The van der Waals surface area contributed by atoms with Crippen molar-refractivity contribution >= 4 is 38.9 Å². The van der Waals surface area contributed by atoms with E-state index in [0.717, 1.165) is 17.3 Å². The van der Waals surface area contributed by atoms with Crippen LogP contribution < -0.4 is 16.0 Å². The summed E-state index contributed by atoms with van der Waals surface area (Å²) < 4.78 is 0.867. The van der Waals surface area contributed by atoms with Crippen LogP contribution in [0.5, 0.6) is 0 Å². The third kappa shape index (κ3) is 4.96. The fraction of sp³-hybridized carbons (Fsp3) is 0.474. The molecule has 0 spiro atoms. The van der Waals surface area contributed by atoms with Gasteiger partial charge in [0.1, 0.15) is 6.33 Å². The van der Waals surface area contributed by atoms with Gasteiger partial charge >= 0.3 is 5.69 Å². The average Bonchev–Trinajstić information content (AvgIpc) is 2.51. The average molecular weight is 449 g/mol. The van der Waals surface area contributed by atoms with E-state index in [9.17, 15) is 10.1 Å². The largest absolute Gasteiger partial charge is 0.361 e. The fourth-order valence-electron chi connectivity index (χ4n) is 4.07. The van der Waals surface area contributed by atoms with Gasteiger partial charge in [0, 0.05) is 27.3 Å². The monoisotopic (exact) mass is 448 g/mol. The molecule has 9 heteroatoms. The topological polar surface area (TPSA) is 105 Å². The molecule has 3 N–H and O–H groups in total. The molecule has 0 aliphatic carbocycles. The number of nitrogens with one attached hydrogen (secondary N) is 3. The van der Waals surface area contributed by atoms with E-state index in [1.54, 1.807) is 0 Å². The molecular weight excluding hydrogens is 424 g/mol. The Kier molecular flexibility index (Phi) is 5.58. The summed E-state index contributed by atoms with van der Waals surface area (Å²) in [7, 11) is 0. The zero-order chi connectivity index (χ0) is 20.5. The first-order valence-corrected chi connectivity index (χ1v) is 9.92. The van der Waals surface area contributed by atoms with Crippen molar-refractivity contribution in [2.45, 2.75) is 57.7 Å². The molecule has 2 aromatic rings. The number of hydrogen-bond acceptors (Lipinski definition) is 7. The Labute approximate surface area is 172 Å². The van der Waals surface area contributed by atoms with E-state index in [1.165, 1.54) is 6.33 Å². The van der Waals surface area contributed by atoms with Gasteiger partial charge in [-0.15, -0.1) is 0 Å². The minimum Gasteiger partial charge on any atom is -0.361 e. The standard InChI is InChI=1S/C19H25BrN6O2/c1-18(2)9-14(10-19(3,4)25-18)24-17-15(26(27)28)16(21-11-22-17)23-13-7-5-6-12(20)8-13/h5-8,11,14,25H,9-10H2,1-4H3,(H2,21,22,23,24). The first-order valence-electron chi connectivity index (χ1n) is 9.12.